The Morgan fingerprint density at radius 3 is 2.50 bits per heavy atom. The van der Waals surface area contributed by atoms with E-state index >= 15 is 0 Å². The van der Waals surface area contributed by atoms with Crippen molar-refractivity contribution in [3.8, 4) is 11.5 Å². The summed E-state index contributed by atoms with van der Waals surface area (Å²) in [5.74, 6) is 3.21. The van der Waals surface area contributed by atoms with Crippen molar-refractivity contribution < 1.29 is 4.74 Å². The Morgan fingerprint density at radius 2 is 2.00 bits per heavy atom. The zero-order valence-corrected chi connectivity index (χ0v) is 16.9. The summed E-state index contributed by atoms with van der Waals surface area (Å²) in [4.78, 5) is 0. The van der Waals surface area contributed by atoms with Gasteiger partial charge in [0.05, 0.1) is 5.92 Å². The number of halogens is 1. The maximum Gasteiger partial charge on any atom is 0.218 e. The summed E-state index contributed by atoms with van der Waals surface area (Å²) >= 11 is 3.50. The Labute approximate surface area is 143 Å². The first-order valence-corrected chi connectivity index (χ1v) is 11.9. The van der Waals surface area contributed by atoms with Crippen molar-refractivity contribution in [1.82, 2.24) is 5.01 Å². The zero-order valence-electron chi connectivity index (χ0n) is 14.4. The second-order valence-corrected chi connectivity index (χ2v) is 11.8. The Kier molecular flexibility index (Phi) is 7.04. The Bertz CT molecular complexity index is 524. The second-order valence-electron chi connectivity index (χ2n) is 6.17. The molecule has 0 aromatic carbocycles. The van der Waals surface area contributed by atoms with Crippen molar-refractivity contribution in [2.75, 3.05) is 20.2 Å². The maximum atomic E-state index is 5.73. The minimum atomic E-state index is -1.46. The average molecular weight is 384 g/mol. The van der Waals surface area contributed by atoms with Gasteiger partial charge in [0, 0.05) is 24.7 Å². The highest BCUT2D eigenvalue weighted by atomic mass is 79.9. The summed E-state index contributed by atoms with van der Waals surface area (Å²) in [6, 6.07) is 0. The van der Waals surface area contributed by atoms with Gasteiger partial charge >= 0.3 is 0 Å². The summed E-state index contributed by atoms with van der Waals surface area (Å²) in [5, 5.41) is 10.7. The highest BCUT2D eigenvalue weighted by Gasteiger charge is 2.38. The van der Waals surface area contributed by atoms with Gasteiger partial charge in [0.25, 0.3) is 0 Å². The van der Waals surface area contributed by atoms with E-state index in [9.17, 15) is 0 Å². The molecule has 0 fully saturated rings. The highest BCUT2D eigenvalue weighted by molar-refractivity contribution is 9.11. The van der Waals surface area contributed by atoms with Crippen LogP contribution in [-0.4, -0.2) is 39.0 Å². The number of hydrogen-bond donors (Lipinski definition) is 0. The summed E-state index contributed by atoms with van der Waals surface area (Å²) in [6.07, 6.45) is 5.96. The smallest absolute Gasteiger partial charge is 0.218 e. The summed E-state index contributed by atoms with van der Waals surface area (Å²) in [6.45, 7) is 12.4. The molecule has 0 aliphatic heterocycles. The van der Waals surface area contributed by atoms with Crippen LogP contribution in [0.2, 0.25) is 19.6 Å². The quantitative estimate of drug-likeness (QED) is 0.305. The van der Waals surface area contributed by atoms with E-state index in [1.165, 1.54) is 0 Å². The Morgan fingerprint density at radius 1 is 1.36 bits per heavy atom. The minimum absolute atomic E-state index is 0.134. The van der Waals surface area contributed by atoms with Crippen LogP contribution < -0.4 is 0 Å². The molecule has 1 rings (SSSR count). The predicted molar refractivity (Wildman–Crippen MR) is 98.3 cm³/mol. The van der Waals surface area contributed by atoms with Crippen molar-refractivity contribution in [1.29, 1.82) is 0 Å². The average Bonchev–Trinajstić information content (AvgIpc) is 2.46. The fourth-order valence-electron chi connectivity index (χ4n) is 1.91. The van der Waals surface area contributed by atoms with Crippen LogP contribution in [0.1, 0.15) is 13.8 Å². The number of hydrogen-bond acceptors (Lipinski definition) is 3. The molecule has 0 amide bonds. The lowest BCUT2D eigenvalue weighted by atomic mass is 9.92. The third kappa shape index (κ3) is 5.38. The Balaban J connectivity index is 3.18. The third-order valence-electron chi connectivity index (χ3n) is 3.23. The highest BCUT2D eigenvalue weighted by Crippen LogP contribution is 2.34. The molecule has 122 valence electrons. The lowest BCUT2D eigenvalue weighted by molar-refractivity contribution is 0.00773. The SMILES string of the molecule is CCN(CC)/N=N/C1(OC)C=C(Br)C=CC1C#C[Si](C)(C)C. The van der Waals surface area contributed by atoms with Gasteiger partial charge in [-0.25, -0.2) is 0 Å². The molecular formula is C16H26BrN3OSi. The standard InChI is InChI=1S/C16H26BrN3OSi/c1-7-20(8-2)19-18-16(21-3)13-15(17)10-9-14(16)11-12-22(4,5)6/h9-10,13-14H,7-8H2,1-6H3/b19-18+. The molecule has 2 atom stereocenters. The molecule has 2 unspecified atom stereocenters. The first kappa shape index (κ1) is 19.1. The molecular weight excluding hydrogens is 358 g/mol. The van der Waals surface area contributed by atoms with E-state index in [4.69, 9.17) is 4.74 Å². The second kappa shape index (κ2) is 8.09. The molecule has 22 heavy (non-hydrogen) atoms. The van der Waals surface area contributed by atoms with E-state index in [2.05, 4.69) is 71.2 Å². The van der Waals surface area contributed by atoms with Crippen LogP contribution in [0.4, 0.5) is 0 Å². The molecule has 1 aliphatic rings. The van der Waals surface area contributed by atoms with E-state index in [1.54, 1.807) is 7.11 Å². The van der Waals surface area contributed by atoms with E-state index in [0.717, 1.165) is 17.6 Å². The normalized spacial score (nSPS) is 24.9. The van der Waals surface area contributed by atoms with Gasteiger partial charge in [0.15, 0.2) is 0 Å². The largest absolute Gasteiger partial charge is 0.351 e. The zero-order chi connectivity index (χ0) is 16.8. The van der Waals surface area contributed by atoms with Gasteiger partial charge in [-0.2, -0.15) is 0 Å². The summed E-state index contributed by atoms with van der Waals surface area (Å²) < 4.78 is 6.66. The molecule has 1 aliphatic carbocycles. The Hall–Kier alpha value is -0.903. The van der Waals surface area contributed by atoms with Gasteiger partial charge < -0.3 is 4.74 Å². The molecule has 0 aromatic heterocycles. The molecule has 0 aromatic rings. The van der Waals surface area contributed by atoms with E-state index in [1.807, 2.05) is 23.2 Å². The molecule has 0 saturated heterocycles. The van der Waals surface area contributed by atoms with Crippen LogP contribution >= 0.6 is 15.9 Å². The number of ether oxygens (including phenoxy) is 1. The fourth-order valence-corrected chi connectivity index (χ4v) is 2.98. The summed E-state index contributed by atoms with van der Waals surface area (Å²) in [7, 11) is 0.195. The fraction of sp³-hybridized carbons (Fsp3) is 0.625. The lowest BCUT2D eigenvalue weighted by Gasteiger charge is -2.31. The number of nitrogens with zero attached hydrogens (tertiary/aromatic N) is 3. The molecule has 0 saturated carbocycles. The first-order chi connectivity index (χ1) is 10.3. The maximum absolute atomic E-state index is 5.73. The van der Waals surface area contributed by atoms with Crippen LogP contribution in [0, 0.1) is 17.4 Å². The van der Waals surface area contributed by atoms with Gasteiger partial charge in [-0.05, 0) is 19.9 Å². The monoisotopic (exact) mass is 383 g/mol. The summed E-state index contributed by atoms with van der Waals surface area (Å²) in [5.41, 5.74) is 2.54. The predicted octanol–water partition coefficient (Wildman–Crippen LogP) is 4.38. The molecule has 4 nitrogen and oxygen atoms in total. The minimum Gasteiger partial charge on any atom is -0.351 e. The molecule has 0 bridgehead atoms. The first-order valence-electron chi connectivity index (χ1n) is 7.58. The van der Waals surface area contributed by atoms with Crippen molar-refractivity contribution >= 4 is 24.0 Å². The molecule has 0 N–H and O–H groups in total. The molecule has 6 heteroatoms. The lowest BCUT2D eigenvalue weighted by Crippen LogP contribution is -2.37. The van der Waals surface area contributed by atoms with Gasteiger partial charge in [0.2, 0.25) is 5.72 Å². The van der Waals surface area contributed by atoms with E-state index in [0.29, 0.717) is 0 Å². The molecule has 0 radical (unpaired) electrons. The van der Waals surface area contributed by atoms with Crippen LogP contribution in [-0.2, 0) is 4.74 Å². The van der Waals surface area contributed by atoms with Gasteiger partial charge in [-0.15, -0.1) is 10.7 Å². The van der Waals surface area contributed by atoms with Gasteiger partial charge in [0.1, 0.15) is 8.07 Å². The van der Waals surface area contributed by atoms with Crippen molar-refractivity contribution in [3.63, 3.8) is 0 Å². The van der Waals surface area contributed by atoms with Crippen molar-refractivity contribution in [2.24, 2.45) is 16.3 Å². The van der Waals surface area contributed by atoms with Crippen LogP contribution in [0.3, 0.4) is 0 Å². The number of rotatable bonds is 5. The van der Waals surface area contributed by atoms with Gasteiger partial charge in [-0.1, -0.05) is 58.9 Å². The van der Waals surface area contributed by atoms with Gasteiger partial charge in [-0.3, -0.25) is 5.01 Å². The van der Waals surface area contributed by atoms with E-state index in [-0.39, 0.29) is 5.92 Å². The van der Waals surface area contributed by atoms with Crippen LogP contribution in [0.25, 0.3) is 0 Å². The van der Waals surface area contributed by atoms with Crippen LogP contribution in [0.15, 0.2) is 33.0 Å². The number of allylic oxidation sites excluding steroid dienone is 2. The number of methoxy groups -OCH3 is 1. The van der Waals surface area contributed by atoms with Crippen molar-refractivity contribution in [3.05, 3.63) is 22.7 Å². The third-order valence-corrected chi connectivity index (χ3v) is 4.61. The molecule has 0 spiro atoms. The topological polar surface area (TPSA) is 37.2 Å². The van der Waals surface area contributed by atoms with E-state index < -0.39 is 13.8 Å². The molecule has 0 heterocycles. The van der Waals surface area contributed by atoms with Crippen molar-refractivity contribution in [2.45, 2.75) is 39.2 Å². The van der Waals surface area contributed by atoms with Crippen LogP contribution in [0.5, 0.6) is 0 Å².